The molecule has 1 amide bonds. The molecule has 7 nitrogen and oxygen atoms in total. The average molecular weight is 340 g/mol. The first kappa shape index (κ1) is 16.2. The first-order valence-corrected chi connectivity index (χ1v) is 8.91. The fraction of sp³-hybridized carbons (Fsp3) is 0.556. The Morgan fingerprint density at radius 2 is 2.12 bits per heavy atom. The summed E-state index contributed by atoms with van der Waals surface area (Å²) in [6.07, 6.45) is 9.01. The van der Waals surface area contributed by atoms with Crippen LogP contribution in [0.1, 0.15) is 48.0 Å². The van der Waals surface area contributed by atoms with Gasteiger partial charge in [0.25, 0.3) is 0 Å². The molecule has 132 valence electrons. The van der Waals surface area contributed by atoms with Crippen molar-refractivity contribution in [1.82, 2.24) is 29.7 Å². The van der Waals surface area contributed by atoms with Crippen LogP contribution in [0, 0.1) is 6.92 Å². The molecule has 2 aliphatic rings. The van der Waals surface area contributed by atoms with Gasteiger partial charge >= 0.3 is 0 Å². The summed E-state index contributed by atoms with van der Waals surface area (Å²) in [7, 11) is 1.97. The normalized spacial score (nSPS) is 20.8. The van der Waals surface area contributed by atoms with Gasteiger partial charge in [0.2, 0.25) is 5.91 Å². The molecule has 0 aromatic carbocycles. The number of aromatic nitrogens is 4. The molecule has 0 radical (unpaired) electrons. The molecule has 1 N–H and O–H groups in total. The Hall–Kier alpha value is -2.28. The van der Waals surface area contributed by atoms with Crippen molar-refractivity contribution in [3.63, 3.8) is 0 Å². The van der Waals surface area contributed by atoms with Crippen molar-refractivity contribution in [3.8, 4) is 0 Å². The van der Waals surface area contributed by atoms with Crippen LogP contribution in [-0.2, 0) is 24.9 Å². The Morgan fingerprint density at radius 1 is 1.28 bits per heavy atom. The van der Waals surface area contributed by atoms with Crippen molar-refractivity contribution in [2.45, 2.75) is 51.2 Å². The van der Waals surface area contributed by atoms with E-state index >= 15 is 0 Å². The summed E-state index contributed by atoms with van der Waals surface area (Å²) in [5, 5.41) is 3.03. The predicted octanol–water partition coefficient (Wildman–Crippen LogP) is 1.29. The topological polar surface area (TPSA) is 75.9 Å². The van der Waals surface area contributed by atoms with Crippen molar-refractivity contribution >= 4 is 5.91 Å². The second-order valence-electron chi connectivity index (χ2n) is 7.12. The maximum absolute atomic E-state index is 12.9. The summed E-state index contributed by atoms with van der Waals surface area (Å²) in [5.74, 6) is -0.147. The number of imidazole rings is 1. The van der Waals surface area contributed by atoms with Crippen molar-refractivity contribution in [3.05, 3.63) is 41.5 Å². The number of fused-ring (bicyclic) bond motifs is 1. The van der Waals surface area contributed by atoms with Gasteiger partial charge in [-0.15, -0.1) is 0 Å². The smallest absolute Gasteiger partial charge is 0.230 e. The third-order valence-electron chi connectivity index (χ3n) is 5.35. The number of hydrogen-bond donors (Lipinski definition) is 1. The molecule has 0 saturated heterocycles. The SMILES string of the molecule is Cc1cnc(CNC(=O)C2CN(C3CCC3)Cc3ncn(C)c32)cn1. The molecule has 0 bridgehead atoms. The molecule has 1 aliphatic heterocycles. The minimum absolute atomic E-state index is 0.0382. The van der Waals surface area contributed by atoms with Crippen LogP contribution in [0.3, 0.4) is 0 Å². The van der Waals surface area contributed by atoms with Gasteiger partial charge in [-0.3, -0.25) is 19.7 Å². The summed E-state index contributed by atoms with van der Waals surface area (Å²) >= 11 is 0. The molecule has 2 aromatic rings. The lowest BCUT2D eigenvalue weighted by Crippen LogP contribution is -2.48. The lowest BCUT2D eigenvalue weighted by Gasteiger charge is -2.41. The minimum Gasteiger partial charge on any atom is -0.350 e. The molecule has 1 unspecified atom stereocenters. The van der Waals surface area contributed by atoms with Gasteiger partial charge in [0, 0.05) is 32.4 Å². The fourth-order valence-electron chi connectivity index (χ4n) is 3.68. The summed E-state index contributed by atoms with van der Waals surface area (Å²) in [5.41, 5.74) is 3.73. The average Bonchev–Trinajstić information content (AvgIpc) is 2.93. The van der Waals surface area contributed by atoms with E-state index in [0.717, 1.165) is 35.9 Å². The van der Waals surface area contributed by atoms with Gasteiger partial charge < -0.3 is 9.88 Å². The van der Waals surface area contributed by atoms with Crippen LogP contribution < -0.4 is 5.32 Å². The Bertz CT molecular complexity index is 764. The van der Waals surface area contributed by atoms with E-state index in [1.165, 1.54) is 19.3 Å². The zero-order valence-electron chi connectivity index (χ0n) is 14.8. The van der Waals surface area contributed by atoms with Crippen LogP contribution in [0.4, 0.5) is 0 Å². The first-order valence-electron chi connectivity index (χ1n) is 8.91. The summed E-state index contributed by atoms with van der Waals surface area (Å²) in [4.78, 5) is 28.4. The maximum atomic E-state index is 12.9. The van der Waals surface area contributed by atoms with Gasteiger partial charge in [0.15, 0.2) is 0 Å². The highest BCUT2D eigenvalue weighted by molar-refractivity contribution is 5.84. The van der Waals surface area contributed by atoms with Crippen LogP contribution >= 0.6 is 0 Å². The number of nitrogens with one attached hydrogen (secondary N) is 1. The summed E-state index contributed by atoms with van der Waals surface area (Å²) in [6, 6.07) is 0.605. The number of nitrogens with zero attached hydrogens (tertiary/aromatic N) is 5. The van der Waals surface area contributed by atoms with E-state index in [1.54, 1.807) is 12.4 Å². The molecule has 7 heteroatoms. The van der Waals surface area contributed by atoms with Crippen LogP contribution in [-0.4, -0.2) is 42.9 Å². The fourth-order valence-corrected chi connectivity index (χ4v) is 3.68. The van der Waals surface area contributed by atoms with E-state index in [-0.39, 0.29) is 11.8 Å². The molecule has 25 heavy (non-hydrogen) atoms. The molecular formula is C18H24N6O. The van der Waals surface area contributed by atoms with E-state index in [9.17, 15) is 4.79 Å². The molecule has 1 aliphatic carbocycles. The van der Waals surface area contributed by atoms with Crippen molar-refractivity contribution in [2.75, 3.05) is 6.54 Å². The molecule has 3 heterocycles. The Balaban J connectivity index is 1.49. The van der Waals surface area contributed by atoms with E-state index in [2.05, 4.69) is 25.2 Å². The van der Waals surface area contributed by atoms with Crippen LogP contribution in [0.15, 0.2) is 18.7 Å². The highest BCUT2D eigenvalue weighted by atomic mass is 16.1. The number of aryl methyl sites for hydroxylation is 2. The zero-order chi connectivity index (χ0) is 17.4. The third-order valence-corrected chi connectivity index (χ3v) is 5.35. The predicted molar refractivity (Wildman–Crippen MR) is 92.6 cm³/mol. The van der Waals surface area contributed by atoms with Crippen LogP contribution in [0.5, 0.6) is 0 Å². The maximum Gasteiger partial charge on any atom is 0.230 e. The number of carbonyl (C=O) groups is 1. The Morgan fingerprint density at radius 3 is 2.80 bits per heavy atom. The van der Waals surface area contributed by atoms with Gasteiger partial charge in [-0.25, -0.2) is 4.98 Å². The van der Waals surface area contributed by atoms with Crippen LogP contribution in [0.25, 0.3) is 0 Å². The van der Waals surface area contributed by atoms with E-state index in [0.29, 0.717) is 12.6 Å². The lowest BCUT2D eigenvalue weighted by atomic mass is 9.87. The number of amides is 1. The van der Waals surface area contributed by atoms with E-state index in [1.807, 2.05) is 24.9 Å². The summed E-state index contributed by atoms with van der Waals surface area (Å²) < 4.78 is 1.99. The van der Waals surface area contributed by atoms with Crippen molar-refractivity contribution in [2.24, 2.45) is 7.05 Å². The molecule has 1 atom stereocenters. The van der Waals surface area contributed by atoms with Gasteiger partial charge in [-0.1, -0.05) is 6.42 Å². The molecular weight excluding hydrogens is 316 g/mol. The highest BCUT2D eigenvalue weighted by Crippen LogP contribution is 2.34. The van der Waals surface area contributed by atoms with Crippen LogP contribution in [0.2, 0.25) is 0 Å². The third kappa shape index (κ3) is 3.16. The van der Waals surface area contributed by atoms with Crippen molar-refractivity contribution in [1.29, 1.82) is 0 Å². The van der Waals surface area contributed by atoms with Crippen molar-refractivity contribution < 1.29 is 4.79 Å². The van der Waals surface area contributed by atoms with Gasteiger partial charge in [0.1, 0.15) is 0 Å². The molecule has 1 fully saturated rings. The molecule has 2 aromatic heterocycles. The Labute approximate surface area is 147 Å². The highest BCUT2D eigenvalue weighted by Gasteiger charge is 2.37. The van der Waals surface area contributed by atoms with E-state index < -0.39 is 0 Å². The second-order valence-corrected chi connectivity index (χ2v) is 7.12. The molecule has 1 saturated carbocycles. The quantitative estimate of drug-likeness (QED) is 0.907. The largest absolute Gasteiger partial charge is 0.350 e. The Kier molecular flexibility index (Phi) is 4.25. The van der Waals surface area contributed by atoms with Gasteiger partial charge in [0.05, 0.1) is 47.8 Å². The first-order chi connectivity index (χ1) is 12.1. The van der Waals surface area contributed by atoms with Gasteiger partial charge in [-0.05, 0) is 19.8 Å². The number of carbonyl (C=O) groups excluding carboxylic acids is 1. The second kappa shape index (κ2) is 6.55. The standard InChI is InChI=1S/C18H24N6O/c1-12-6-20-13(7-19-12)8-21-18(25)15-9-24(14-4-3-5-14)10-16-17(15)23(2)11-22-16/h6-7,11,14-15H,3-5,8-10H2,1-2H3,(H,21,25). The minimum atomic E-state index is -0.185. The van der Waals surface area contributed by atoms with Gasteiger partial charge in [-0.2, -0.15) is 0 Å². The molecule has 0 spiro atoms. The van der Waals surface area contributed by atoms with E-state index in [4.69, 9.17) is 0 Å². The summed E-state index contributed by atoms with van der Waals surface area (Å²) in [6.45, 7) is 3.92. The molecule has 4 rings (SSSR count). The monoisotopic (exact) mass is 340 g/mol. The number of rotatable bonds is 4. The zero-order valence-corrected chi connectivity index (χ0v) is 14.8. The lowest BCUT2D eigenvalue weighted by molar-refractivity contribution is -0.124. The number of hydrogen-bond acceptors (Lipinski definition) is 5.